The minimum atomic E-state index is -0.240. The van der Waals surface area contributed by atoms with Gasteiger partial charge in [0.05, 0.1) is 12.2 Å². The number of aromatic nitrogens is 2. The number of rotatable bonds is 5. The number of anilines is 1. The lowest BCUT2D eigenvalue weighted by molar-refractivity contribution is -0.119. The average Bonchev–Trinajstić information content (AvgIpc) is 2.64. The molecule has 7 heteroatoms. The van der Waals surface area contributed by atoms with Crippen LogP contribution in [0.4, 0.5) is 5.69 Å². The summed E-state index contributed by atoms with van der Waals surface area (Å²) in [5.74, 6) is -0.224. The van der Waals surface area contributed by atoms with E-state index in [0.29, 0.717) is 17.3 Å². The smallest absolute Gasteiger partial charge is 0.251 e. The maximum atomic E-state index is 13.0. The molecule has 26 heavy (non-hydrogen) atoms. The number of carbonyl (C=O) groups is 1. The summed E-state index contributed by atoms with van der Waals surface area (Å²) < 4.78 is 2.10. The molecule has 0 bridgehead atoms. The van der Waals surface area contributed by atoms with Crippen LogP contribution in [0.25, 0.3) is 0 Å². The molecule has 0 aliphatic rings. The monoisotopic (exact) mass is 431 g/mol. The largest absolute Gasteiger partial charge is 0.305 e. The molecular weight excluding hydrogens is 418 g/mol. The summed E-state index contributed by atoms with van der Waals surface area (Å²) in [4.78, 5) is 30.8. The minimum Gasteiger partial charge on any atom is -0.305 e. The fourth-order valence-electron chi connectivity index (χ4n) is 2.45. The van der Waals surface area contributed by atoms with Gasteiger partial charge in [-0.25, -0.2) is 0 Å². The summed E-state index contributed by atoms with van der Waals surface area (Å²) in [6.45, 7) is 0.220. The molecular formula is C19H15BrClN3O2. The molecule has 3 rings (SSSR count). The Bertz CT molecular complexity index is 959. The van der Waals surface area contributed by atoms with Gasteiger partial charge in [0.15, 0.2) is 0 Å². The molecule has 0 unspecified atom stereocenters. The predicted octanol–water partition coefficient (Wildman–Crippen LogP) is 3.89. The van der Waals surface area contributed by atoms with E-state index in [9.17, 15) is 9.59 Å². The number of nitrogens with zero attached hydrogens (tertiary/aromatic N) is 3. The number of amides is 1. The third-order valence-electron chi connectivity index (χ3n) is 3.74. The molecule has 2 heterocycles. The van der Waals surface area contributed by atoms with Crippen molar-refractivity contribution in [1.29, 1.82) is 0 Å². The highest BCUT2D eigenvalue weighted by atomic mass is 79.9. The molecule has 0 saturated heterocycles. The Labute approximate surface area is 164 Å². The first-order valence-electron chi connectivity index (χ1n) is 7.85. The zero-order valence-corrected chi connectivity index (χ0v) is 16.0. The Morgan fingerprint density at radius 2 is 1.88 bits per heavy atom. The summed E-state index contributed by atoms with van der Waals surface area (Å²) >= 11 is 9.28. The Morgan fingerprint density at radius 1 is 1.12 bits per heavy atom. The van der Waals surface area contributed by atoms with Crippen molar-refractivity contribution >= 4 is 39.1 Å². The molecule has 0 radical (unpaired) electrons. The van der Waals surface area contributed by atoms with Crippen molar-refractivity contribution in [3.63, 3.8) is 0 Å². The van der Waals surface area contributed by atoms with Crippen LogP contribution >= 0.6 is 27.5 Å². The normalized spacial score (nSPS) is 10.5. The van der Waals surface area contributed by atoms with Crippen LogP contribution in [-0.2, 0) is 17.9 Å². The van der Waals surface area contributed by atoms with Crippen LogP contribution in [-0.4, -0.2) is 15.5 Å². The lowest BCUT2D eigenvalue weighted by atomic mass is 10.2. The van der Waals surface area contributed by atoms with Crippen molar-refractivity contribution in [1.82, 2.24) is 9.55 Å². The molecule has 3 aromatic rings. The predicted molar refractivity (Wildman–Crippen MR) is 105 cm³/mol. The van der Waals surface area contributed by atoms with E-state index in [-0.39, 0.29) is 18.0 Å². The first-order valence-corrected chi connectivity index (χ1v) is 9.02. The van der Waals surface area contributed by atoms with E-state index >= 15 is 0 Å². The lowest BCUT2D eigenvalue weighted by Gasteiger charge is -2.23. The molecule has 1 amide bonds. The topological polar surface area (TPSA) is 55.2 Å². The van der Waals surface area contributed by atoms with Crippen LogP contribution in [0, 0.1) is 0 Å². The average molecular weight is 433 g/mol. The Balaban J connectivity index is 1.91. The van der Waals surface area contributed by atoms with Crippen molar-refractivity contribution in [2.75, 3.05) is 4.90 Å². The summed E-state index contributed by atoms with van der Waals surface area (Å²) in [7, 11) is 0. The number of benzene rings is 1. The highest BCUT2D eigenvalue weighted by Gasteiger charge is 2.18. The Kier molecular flexibility index (Phi) is 5.85. The second kappa shape index (κ2) is 8.29. The van der Waals surface area contributed by atoms with Gasteiger partial charge in [-0.1, -0.05) is 17.7 Å². The molecule has 2 aromatic heterocycles. The second-order valence-electron chi connectivity index (χ2n) is 5.59. The zero-order chi connectivity index (χ0) is 18.5. The summed E-state index contributed by atoms with van der Waals surface area (Å²) in [6.07, 6.45) is 3.28. The van der Waals surface area contributed by atoms with Gasteiger partial charge in [-0.15, -0.1) is 0 Å². The van der Waals surface area contributed by atoms with E-state index in [1.807, 2.05) is 18.2 Å². The van der Waals surface area contributed by atoms with Crippen molar-refractivity contribution in [2.45, 2.75) is 13.1 Å². The fourth-order valence-corrected chi connectivity index (χ4v) is 2.96. The molecule has 0 fully saturated rings. The third kappa shape index (κ3) is 4.59. The molecule has 132 valence electrons. The van der Waals surface area contributed by atoms with Crippen LogP contribution in [0.1, 0.15) is 5.69 Å². The van der Waals surface area contributed by atoms with E-state index in [1.54, 1.807) is 47.6 Å². The maximum Gasteiger partial charge on any atom is 0.251 e. The SMILES string of the molecule is O=C(Cn1cc(Br)ccc1=O)N(Cc1ccccn1)c1ccc(Cl)cc1. The first kappa shape index (κ1) is 18.4. The second-order valence-corrected chi connectivity index (χ2v) is 6.94. The van der Waals surface area contributed by atoms with Crippen LogP contribution in [0.15, 0.2) is 76.3 Å². The number of pyridine rings is 2. The third-order valence-corrected chi connectivity index (χ3v) is 4.46. The van der Waals surface area contributed by atoms with Gasteiger partial charge in [0.25, 0.3) is 5.56 Å². The van der Waals surface area contributed by atoms with Gasteiger partial charge in [-0.05, 0) is 58.4 Å². The number of halogens is 2. The van der Waals surface area contributed by atoms with Crippen LogP contribution < -0.4 is 10.5 Å². The fraction of sp³-hybridized carbons (Fsp3) is 0.105. The van der Waals surface area contributed by atoms with Crippen molar-refractivity contribution < 1.29 is 4.79 Å². The highest BCUT2D eigenvalue weighted by Crippen LogP contribution is 2.20. The van der Waals surface area contributed by atoms with Crippen molar-refractivity contribution in [3.8, 4) is 0 Å². The molecule has 0 N–H and O–H groups in total. The van der Waals surface area contributed by atoms with E-state index in [1.165, 1.54) is 10.6 Å². The van der Waals surface area contributed by atoms with Crippen molar-refractivity contribution in [3.05, 3.63) is 92.5 Å². The number of hydrogen-bond donors (Lipinski definition) is 0. The molecule has 0 spiro atoms. The Morgan fingerprint density at radius 3 is 2.58 bits per heavy atom. The maximum absolute atomic E-state index is 13.0. The van der Waals surface area contributed by atoms with Crippen LogP contribution in [0.3, 0.4) is 0 Å². The van der Waals surface area contributed by atoms with E-state index < -0.39 is 0 Å². The highest BCUT2D eigenvalue weighted by molar-refractivity contribution is 9.10. The molecule has 0 atom stereocenters. The van der Waals surface area contributed by atoms with Gasteiger partial charge in [0, 0.05) is 33.6 Å². The van der Waals surface area contributed by atoms with E-state index in [0.717, 1.165) is 10.2 Å². The van der Waals surface area contributed by atoms with Crippen LogP contribution in [0.5, 0.6) is 0 Å². The van der Waals surface area contributed by atoms with E-state index in [4.69, 9.17) is 11.6 Å². The van der Waals surface area contributed by atoms with Crippen LogP contribution in [0.2, 0.25) is 5.02 Å². The molecule has 1 aromatic carbocycles. The van der Waals surface area contributed by atoms with Gasteiger partial charge in [-0.2, -0.15) is 0 Å². The summed E-state index contributed by atoms with van der Waals surface area (Å²) in [5, 5.41) is 0.585. The van der Waals surface area contributed by atoms with Gasteiger partial charge in [0.1, 0.15) is 6.54 Å². The molecule has 0 aliphatic carbocycles. The Hall–Kier alpha value is -2.44. The number of carbonyl (C=O) groups excluding carboxylic acids is 1. The van der Waals surface area contributed by atoms with Gasteiger partial charge < -0.3 is 9.47 Å². The lowest BCUT2D eigenvalue weighted by Crippen LogP contribution is -2.36. The van der Waals surface area contributed by atoms with Gasteiger partial charge in [0.2, 0.25) is 5.91 Å². The first-order chi connectivity index (χ1) is 12.5. The molecule has 5 nitrogen and oxygen atoms in total. The quantitative estimate of drug-likeness (QED) is 0.614. The minimum absolute atomic E-state index is 0.0757. The van der Waals surface area contributed by atoms with Gasteiger partial charge in [-0.3, -0.25) is 14.6 Å². The van der Waals surface area contributed by atoms with Crippen molar-refractivity contribution in [2.24, 2.45) is 0 Å². The molecule has 0 aliphatic heterocycles. The summed E-state index contributed by atoms with van der Waals surface area (Å²) in [5.41, 5.74) is 1.20. The van der Waals surface area contributed by atoms with E-state index in [2.05, 4.69) is 20.9 Å². The summed E-state index contributed by atoms with van der Waals surface area (Å²) in [6, 6.07) is 15.6. The van der Waals surface area contributed by atoms with Gasteiger partial charge >= 0.3 is 0 Å². The zero-order valence-electron chi connectivity index (χ0n) is 13.7. The number of hydrogen-bond acceptors (Lipinski definition) is 3. The molecule has 0 saturated carbocycles. The standard InChI is InChI=1S/C19H15BrClN3O2/c20-14-4-9-18(25)23(11-14)13-19(26)24(12-16-3-1-2-10-22-16)17-7-5-15(21)6-8-17/h1-11H,12-13H2.